The third-order valence-corrected chi connectivity index (χ3v) is 10.9. The minimum atomic E-state index is 1.10. The number of rotatable bonds is 7. The summed E-state index contributed by atoms with van der Waals surface area (Å²) in [5, 5.41) is 7.44. The molecule has 258 valence electrons. The summed E-state index contributed by atoms with van der Waals surface area (Å²) >= 11 is 0. The molecule has 0 atom stereocenters. The van der Waals surface area contributed by atoms with Crippen molar-refractivity contribution in [2.75, 3.05) is 4.90 Å². The molecule has 0 aliphatic heterocycles. The Morgan fingerprint density at radius 2 is 0.764 bits per heavy atom. The fraction of sp³-hybridized carbons (Fsp3) is 0. The zero-order valence-corrected chi connectivity index (χ0v) is 30.3. The zero-order valence-electron chi connectivity index (χ0n) is 30.3. The maximum atomic E-state index is 2.39. The largest absolute Gasteiger partial charge is 0.310 e. The molecular weight excluding hydrogens is 663 g/mol. The van der Waals surface area contributed by atoms with Crippen LogP contribution in [0.4, 0.5) is 17.1 Å². The molecule has 0 heterocycles. The Bertz CT molecular complexity index is 2950. The van der Waals surface area contributed by atoms with Gasteiger partial charge in [-0.15, -0.1) is 0 Å². The van der Waals surface area contributed by atoms with E-state index in [0.717, 1.165) is 17.1 Å². The lowest BCUT2D eigenvalue weighted by Crippen LogP contribution is -2.10. The quantitative estimate of drug-likeness (QED) is 0.160. The van der Waals surface area contributed by atoms with Crippen molar-refractivity contribution in [1.29, 1.82) is 0 Å². The standard InChI is InChI=1S/C54H37N/c1-2-13-41(14-3-1)52-36-31-42-17-6-9-24-51(42)54(52)43-29-34-47(35-30-43)55(53-26-12-19-40-16-5-8-23-50(40)53)46-32-27-38(28-33-46)44-20-10-21-45(37-44)49-25-11-18-39-15-4-7-22-48(39)49/h1-37H. The third kappa shape index (κ3) is 6.02. The van der Waals surface area contributed by atoms with E-state index in [4.69, 9.17) is 0 Å². The topological polar surface area (TPSA) is 3.24 Å². The summed E-state index contributed by atoms with van der Waals surface area (Å²) < 4.78 is 0. The van der Waals surface area contributed by atoms with Crippen molar-refractivity contribution in [3.05, 3.63) is 224 Å². The predicted octanol–water partition coefficient (Wildman–Crippen LogP) is 15.3. The SMILES string of the molecule is c1ccc(-c2ccc3ccccc3c2-c2ccc(N(c3ccc(-c4cccc(-c5cccc6ccccc56)c4)cc3)c3cccc4ccccc34)cc2)cc1. The van der Waals surface area contributed by atoms with Crippen LogP contribution >= 0.6 is 0 Å². The van der Waals surface area contributed by atoms with Crippen molar-refractivity contribution in [1.82, 2.24) is 0 Å². The number of hydrogen-bond acceptors (Lipinski definition) is 1. The highest BCUT2D eigenvalue weighted by atomic mass is 15.1. The predicted molar refractivity (Wildman–Crippen MR) is 235 cm³/mol. The van der Waals surface area contributed by atoms with Gasteiger partial charge < -0.3 is 4.90 Å². The van der Waals surface area contributed by atoms with Gasteiger partial charge in [0.05, 0.1) is 5.69 Å². The third-order valence-electron chi connectivity index (χ3n) is 10.9. The Balaban J connectivity index is 1.07. The zero-order chi connectivity index (χ0) is 36.6. The van der Waals surface area contributed by atoms with Crippen LogP contribution in [-0.2, 0) is 0 Å². The number of hydrogen-bond donors (Lipinski definition) is 0. The molecular formula is C54H37N. The first-order chi connectivity index (χ1) is 27.3. The Hall–Kier alpha value is -7.22. The van der Waals surface area contributed by atoms with E-state index in [1.807, 2.05) is 0 Å². The molecule has 0 amide bonds. The van der Waals surface area contributed by atoms with Gasteiger partial charge in [0, 0.05) is 16.8 Å². The van der Waals surface area contributed by atoms with E-state index >= 15 is 0 Å². The summed E-state index contributed by atoms with van der Waals surface area (Å²) in [6.45, 7) is 0. The molecule has 1 nitrogen and oxygen atoms in total. The van der Waals surface area contributed by atoms with E-state index in [2.05, 4.69) is 229 Å². The summed E-state index contributed by atoms with van der Waals surface area (Å²) in [5.74, 6) is 0. The minimum absolute atomic E-state index is 1.10. The fourth-order valence-electron chi connectivity index (χ4n) is 8.19. The molecule has 1 heteroatoms. The number of anilines is 3. The molecule has 0 spiro atoms. The van der Waals surface area contributed by atoms with Crippen LogP contribution in [0.2, 0.25) is 0 Å². The molecule has 0 fully saturated rings. The molecule has 55 heavy (non-hydrogen) atoms. The highest BCUT2D eigenvalue weighted by Crippen LogP contribution is 2.43. The van der Waals surface area contributed by atoms with Gasteiger partial charge in [0.1, 0.15) is 0 Å². The van der Waals surface area contributed by atoms with Crippen LogP contribution in [0.5, 0.6) is 0 Å². The molecule has 10 aromatic carbocycles. The van der Waals surface area contributed by atoms with Gasteiger partial charge in [-0.1, -0.05) is 188 Å². The molecule has 0 unspecified atom stereocenters. The van der Waals surface area contributed by atoms with Gasteiger partial charge in [-0.25, -0.2) is 0 Å². The molecule has 0 N–H and O–H groups in total. The van der Waals surface area contributed by atoms with Crippen molar-refractivity contribution in [2.24, 2.45) is 0 Å². The van der Waals surface area contributed by atoms with Gasteiger partial charge in [-0.3, -0.25) is 0 Å². The molecule has 0 aliphatic carbocycles. The highest BCUT2D eigenvalue weighted by molar-refractivity contribution is 6.05. The molecule has 0 aromatic heterocycles. The number of nitrogens with zero attached hydrogens (tertiary/aromatic N) is 1. The van der Waals surface area contributed by atoms with Crippen molar-refractivity contribution < 1.29 is 0 Å². The smallest absolute Gasteiger partial charge is 0.0540 e. The lowest BCUT2D eigenvalue weighted by atomic mass is 9.89. The first kappa shape index (κ1) is 32.4. The summed E-state index contributed by atoms with van der Waals surface area (Å²) in [6, 6.07) is 81.4. The van der Waals surface area contributed by atoms with Crippen LogP contribution in [0, 0.1) is 0 Å². The van der Waals surface area contributed by atoms with Crippen molar-refractivity contribution in [3.8, 4) is 44.5 Å². The highest BCUT2D eigenvalue weighted by Gasteiger charge is 2.18. The summed E-state index contributed by atoms with van der Waals surface area (Å²) in [4.78, 5) is 2.39. The second-order valence-corrected chi connectivity index (χ2v) is 14.1. The van der Waals surface area contributed by atoms with Gasteiger partial charge in [0.15, 0.2) is 0 Å². The fourth-order valence-corrected chi connectivity index (χ4v) is 8.19. The van der Waals surface area contributed by atoms with E-state index in [1.54, 1.807) is 0 Å². The van der Waals surface area contributed by atoms with Crippen LogP contribution < -0.4 is 4.90 Å². The number of benzene rings is 10. The normalized spacial score (nSPS) is 11.3. The number of fused-ring (bicyclic) bond motifs is 3. The lowest BCUT2D eigenvalue weighted by Gasteiger charge is -2.27. The minimum Gasteiger partial charge on any atom is -0.310 e. The van der Waals surface area contributed by atoms with Crippen LogP contribution in [0.25, 0.3) is 76.8 Å². The van der Waals surface area contributed by atoms with E-state index in [0.29, 0.717) is 0 Å². The molecule has 0 saturated carbocycles. The van der Waals surface area contributed by atoms with E-state index < -0.39 is 0 Å². The van der Waals surface area contributed by atoms with Crippen LogP contribution in [0.15, 0.2) is 224 Å². The molecule has 10 aromatic rings. The molecule has 10 rings (SSSR count). The monoisotopic (exact) mass is 699 g/mol. The lowest BCUT2D eigenvalue weighted by molar-refractivity contribution is 1.30. The van der Waals surface area contributed by atoms with Gasteiger partial charge in [0.2, 0.25) is 0 Å². The summed E-state index contributed by atoms with van der Waals surface area (Å²) in [7, 11) is 0. The summed E-state index contributed by atoms with van der Waals surface area (Å²) in [6.07, 6.45) is 0. The van der Waals surface area contributed by atoms with Gasteiger partial charge in [-0.05, 0) is 108 Å². The van der Waals surface area contributed by atoms with Crippen LogP contribution in [0.1, 0.15) is 0 Å². The van der Waals surface area contributed by atoms with Crippen molar-refractivity contribution in [3.63, 3.8) is 0 Å². The molecule has 0 bridgehead atoms. The molecule has 0 saturated heterocycles. The van der Waals surface area contributed by atoms with Gasteiger partial charge >= 0.3 is 0 Å². The van der Waals surface area contributed by atoms with Crippen molar-refractivity contribution in [2.45, 2.75) is 0 Å². The first-order valence-corrected chi connectivity index (χ1v) is 18.9. The average molecular weight is 700 g/mol. The maximum absolute atomic E-state index is 2.39. The van der Waals surface area contributed by atoms with E-state index in [-0.39, 0.29) is 0 Å². The Kier molecular flexibility index (Phi) is 8.24. The maximum Gasteiger partial charge on any atom is 0.0540 e. The van der Waals surface area contributed by atoms with Gasteiger partial charge in [-0.2, -0.15) is 0 Å². The Morgan fingerprint density at radius 1 is 0.255 bits per heavy atom. The van der Waals surface area contributed by atoms with E-state index in [9.17, 15) is 0 Å². The summed E-state index contributed by atoms with van der Waals surface area (Å²) in [5.41, 5.74) is 13.1. The second-order valence-electron chi connectivity index (χ2n) is 14.1. The second kappa shape index (κ2) is 14.0. The van der Waals surface area contributed by atoms with Crippen LogP contribution in [0.3, 0.4) is 0 Å². The van der Waals surface area contributed by atoms with Gasteiger partial charge in [0.25, 0.3) is 0 Å². The Labute approximate surface area is 322 Å². The van der Waals surface area contributed by atoms with E-state index in [1.165, 1.54) is 76.8 Å². The van der Waals surface area contributed by atoms with Crippen LogP contribution in [-0.4, -0.2) is 0 Å². The molecule has 0 radical (unpaired) electrons. The molecule has 0 aliphatic rings. The first-order valence-electron chi connectivity index (χ1n) is 18.9. The average Bonchev–Trinajstić information content (AvgIpc) is 3.27. The Morgan fingerprint density at radius 3 is 1.49 bits per heavy atom. The van der Waals surface area contributed by atoms with Crippen molar-refractivity contribution >= 4 is 49.4 Å².